The van der Waals surface area contributed by atoms with Crippen molar-refractivity contribution in [2.24, 2.45) is 5.73 Å². The normalized spacial score (nSPS) is 14.1. The molecule has 0 radical (unpaired) electrons. The lowest BCUT2D eigenvalue weighted by Crippen LogP contribution is -2.57. The van der Waals surface area contributed by atoms with E-state index < -0.39 is 60.2 Å². The number of aromatic nitrogens is 3. The topological polar surface area (TPSA) is 232 Å². The lowest BCUT2D eigenvalue weighted by Gasteiger charge is -2.24. The van der Waals surface area contributed by atoms with Gasteiger partial charge in [-0.2, -0.15) is 0 Å². The molecule has 0 aliphatic heterocycles. The molecule has 14 nitrogen and oxygen atoms in total. The van der Waals surface area contributed by atoms with E-state index in [9.17, 15) is 29.1 Å². The zero-order valence-corrected chi connectivity index (χ0v) is 21.1. The molecule has 3 aromatic rings. The summed E-state index contributed by atoms with van der Waals surface area (Å²) in [6.45, 7) is 1.45. The van der Waals surface area contributed by atoms with Crippen molar-refractivity contribution in [3.63, 3.8) is 0 Å². The van der Waals surface area contributed by atoms with E-state index in [-0.39, 0.29) is 19.3 Å². The Kier molecular flexibility index (Phi) is 9.75. The molecule has 0 fully saturated rings. The van der Waals surface area contributed by atoms with E-state index in [4.69, 9.17) is 10.8 Å². The Morgan fingerprint density at radius 3 is 2.23 bits per heavy atom. The summed E-state index contributed by atoms with van der Waals surface area (Å²) in [5.41, 5.74) is 7.66. The molecule has 14 heteroatoms. The molecule has 0 aliphatic carbocycles. The standard InChI is InChI=1S/C25H31N7O7/c1-13(26)22(35)31-19(8-14-10-28-17-5-3-2-4-16(14)17)24(37)30-18(6-7-21(33)34)23(36)32-20(25(38)39)9-15-11-27-12-29-15/h2-5,10-13,18-20,28H,6-9,26H2,1H3,(H,27,29)(H,30,37)(H,31,35)(H,32,36)(H,33,34)(H,38,39). The molecule has 3 rings (SSSR count). The van der Waals surface area contributed by atoms with Crippen molar-refractivity contribution in [1.82, 2.24) is 30.9 Å². The van der Waals surface area contributed by atoms with E-state index in [1.807, 2.05) is 24.3 Å². The molecule has 0 saturated heterocycles. The van der Waals surface area contributed by atoms with Crippen LogP contribution < -0.4 is 21.7 Å². The molecular weight excluding hydrogens is 510 g/mol. The highest BCUT2D eigenvalue weighted by Crippen LogP contribution is 2.19. The monoisotopic (exact) mass is 541 g/mol. The number of nitrogens with zero attached hydrogens (tertiary/aromatic N) is 1. The molecule has 9 N–H and O–H groups in total. The number of amides is 3. The highest BCUT2D eigenvalue weighted by molar-refractivity contribution is 5.95. The molecule has 4 atom stereocenters. The van der Waals surface area contributed by atoms with Crippen LogP contribution in [0.4, 0.5) is 0 Å². The van der Waals surface area contributed by atoms with Gasteiger partial charge in [0.2, 0.25) is 17.7 Å². The van der Waals surface area contributed by atoms with Gasteiger partial charge in [-0.15, -0.1) is 0 Å². The number of fused-ring (bicyclic) bond motifs is 1. The van der Waals surface area contributed by atoms with Crippen LogP contribution in [0.2, 0.25) is 0 Å². The molecule has 2 heterocycles. The van der Waals surface area contributed by atoms with E-state index in [2.05, 4.69) is 30.9 Å². The molecule has 4 unspecified atom stereocenters. The first-order chi connectivity index (χ1) is 18.5. The lowest BCUT2D eigenvalue weighted by molar-refractivity contribution is -0.143. The maximum absolute atomic E-state index is 13.4. The van der Waals surface area contributed by atoms with Crippen LogP contribution in [0.15, 0.2) is 43.0 Å². The number of rotatable bonds is 14. The molecule has 2 aromatic heterocycles. The molecular formula is C25H31N7O7. The smallest absolute Gasteiger partial charge is 0.326 e. The summed E-state index contributed by atoms with van der Waals surface area (Å²) in [7, 11) is 0. The van der Waals surface area contributed by atoms with Gasteiger partial charge in [0, 0.05) is 48.3 Å². The van der Waals surface area contributed by atoms with Gasteiger partial charge < -0.3 is 41.9 Å². The van der Waals surface area contributed by atoms with E-state index in [0.29, 0.717) is 11.3 Å². The van der Waals surface area contributed by atoms with Crippen LogP contribution in [0.1, 0.15) is 31.0 Å². The Hall–Kier alpha value is -4.72. The SMILES string of the molecule is CC(N)C(=O)NC(Cc1c[nH]c2ccccc12)C(=O)NC(CCC(=O)O)C(=O)NC(Cc1cnc[nH]1)C(=O)O. The number of para-hydroxylation sites is 1. The van der Waals surface area contributed by atoms with Gasteiger partial charge in [0.15, 0.2) is 0 Å². The van der Waals surface area contributed by atoms with E-state index in [0.717, 1.165) is 10.9 Å². The minimum atomic E-state index is -1.39. The third kappa shape index (κ3) is 8.13. The van der Waals surface area contributed by atoms with Crippen molar-refractivity contribution in [1.29, 1.82) is 0 Å². The fourth-order valence-corrected chi connectivity index (χ4v) is 3.93. The summed E-state index contributed by atoms with van der Waals surface area (Å²) < 4.78 is 0. The van der Waals surface area contributed by atoms with Crippen molar-refractivity contribution in [3.8, 4) is 0 Å². The van der Waals surface area contributed by atoms with Gasteiger partial charge in [0.25, 0.3) is 0 Å². The maximum Gasteiger partial charge on any atom is 0.326 e. The summed E-state index contributed by atoms with van der Waals surface area (Å²) >= 11 is 0. The Morgan fingerprint density at radius 1 is 0.923 bits per heavy atom. The average Bonchev–Trinajstić information content (AvgIpc) is 3.55. The van der Waals surface area contributed by atoms with Crippen LogP contribution in [0.3, 0.4) is 0 Å². The fourth-order valence-electron chi connectivity index (χ4n) is 3.93. The van der Waals surface area contributed by atoms with Gasteiger partial charge in [0.05, 0.1) is 12.4 Å². The Morgan fingerprint density at radius 2 is 1.59 bits per heavy atom. The minimum Gasteiger partial charge on any atom is -0.481 e. The molecule has 0 aliphatic rings. The summed E-state index contributed by atoms with van der Waals surface area (Å²) in [5.74, 6) is -4.80. The van der Waals surface area contributed by atoms with E-state index >= 15 is 0 Å². The molecule has 0 bridgehead atoms. The first-order valence-corrected chi connectivity index (χ1v) is 12.2. The van der Waals surface area contributed by atoms with Crippen LogP contribution in [0.5, 0.6) is 0 Å². The van der Waals surface area contributed by atoms with Crippen molar-refractivity contribution >= 4 is 40.6 Å². The quantitative estimate of drug-likeness (QED) is 0.130. The summed E-state index contributed by atoms with van der Waals surface area (Å²) in [5, 5.41) is 27.0. The second-order valence-electron chi connectivity index (χ2n) is 9.09. The second-order valence-corrected chi connectivity index (χ2v) is 9.09. The van der Waals surface area contributed by atoms with Gasteiger partial charge in [-0.1, -0.05) is 18.2 Å². The zero-order valence-electron chi connectivity index (χ0n) is 21.1. The third-order valence-corrected chi connectivity index (χ3v) is 6.02. The second kappa shape index (κ2) is 13.2. The van der Waals surface area contributed by atoms with Crippen molar-refractivity contribution in [2.75, 3.05) is 0 Å². The number of H-pyrrole nitrogens is 2. The number of hydrogen-bond donors (Lipinski definition) is 8. The van der Waals surface area contributed by atoms with Gasteiger partial charge in [-0.05, 0) is 25.0 Å². The number of carbonyl (C=O) groups excluding carboxylic acids is 3. The van der Waals surface area contributed by atoms with Gasteiger partial charge in [0.1, 0.15) is 18.1 Å². The number of carboxylic acid groups (broad SMARTS) is 2. The Labute approximate surface area is 222 Å². The van der Waals surface area contributed by atoms with Gasteiger partial charge in [-0.3, -0.25) is 19.2 Å². The molecule has 39 heavy (non-hydrogen) atoms. The first kappa shape index (κ1) is 28.8. The molecule has 3 amide bonds. The lowest BCUT2D eigenvalue weighted by atomic mass is 10.0. The number of aliphatic carboxylic acids is 2. The number of nitrogens with one attached hydrogen (secondary N) is 5. The predicted molar refractivity (Wildman–Crippen MR) is 138 cm³/mol. The maximum atomic E-state index is 13.4. The van der Waals surface area contributed by atoms with Crippen molar-refractivity contribution in [2.45, 2.75) is 56.8 Å². The van der Waals surface area contributed by atoms with Gasteiger partial charge >= 0.3 is 11.9 Å². The average molecular weight is 542 g/mol. The fraction of sp³-hybridized carbons (Fsp3) is 0.360. The van der Waals surface area contributed by atoms with Crippen LogP contribution in [-0.2, 0) is 36.8 Å². The third-order valence-electron chi connectivity index (χ3n) is 6.02. The number of imidazole rings is 1. The number of aromatic amines is 2. The minimum absolute atomic E-state index is 0.0408. The van der Waals surface area contributed by atoms with Crippen LogP contribution in [0, 0.1) is 0 Å². The molecule has 0 spiro atoms. The van der Waals surface area contributed by atoms with Crippen molar-refractivity contribution in [3.05, 3.63) is 54.2 Å². The number of nitrogens with two attached hydrogens (primary N) is 1. The van der Waals surface area contributed by atoms with Crippen LogP contribution in [-0.4, -0.2) is 79.0 Å². The molecule has 1 aromatic carbocycles. The molecule has 0 saturated carbocycles. The summed E-state index contributed by atoms with van der Waals surface area (Å²) in [6.07, 6.45) is 3.59. The Balaban J connectivity index is 1.81. The number of benzene rings is 1. The highest BCUT2D eigenvalue weighted by atomic mass is 16.4. The number of carbonyl (C=O) groups is 5. The van der Waals surface area contributed by atoms with Gasteiger partial charge in [-0.25, -0.2) is 9.78 Å². The first-order valence-electron chi connectivity index (χ1n) is 12.2. The number of hydrogen-bond acceptors (Lipinski definition) is 7. The van der Waals surface area contributed by atoms with Crippen molar-refractivity contribution < 1.29 is 34.2 Å². The van der Waals surface area contributed by atoms with E-state index in [1.54, 1.807) is 6.20 Å². The largest absolute Gasteiger partial charge is 0.481 e. The van der Waals surface area contributed by atoms with E-state index in [1.165, 1.54) is 19.4 Å². The Bertz CT molecular complexity index is 1320. The summed E-state index contributed by atoms with van der Waals surface area (Å²) in [4.78, 5) is 71.5. The zero-order chi connectivity index (χ0) is 28.5. The molecule has 208 valence electrons. The van der Waals surface area contributed by atoms with Crippen LogP contribution >= 0.6 is 0 Å². The summed E-state index contributed by atoms with van der Waals surface area (Å²) in [6, 6.07) is 2.51. The van der Waals surface area contributed by atoms with Crippen LogP contribution in [0.25, 0.3) is 10.9 Å². The predicted octanol–water partition coefficient (Wildman–Crippen LogP) is -0.573. The highest BCUT2D eigenvalue weighted by Gasteiger charge is 2.31. The number of carboxylic acids is 2.